The molecule has 1 amide bonds. The van der Waals surface area contributed by atoms with Crippen LogP contribution >= 0.6 is 0 Å². The fourth-order valence-electron chi connectivity index (χ4n) is 1.49. The summed E-state index contributed by atoms with van der Waals surface area (Å²) >= 11 is 0. The van der Waals surface area contributed by atoms with Crippen LogP contribution < -0.4 is 0 Å². The first-order chi connectivity index (χ1) is 5.79. The van der Waals surface area contributed by atoms with Crippen LogP contribution in [0, 0.1) is 0 Å². The van der Waals surface area contributed by atoms with Crippen LogP contribution in [0.5, 0.6) is 0 Å². The van der Waals surface area contributed by atoms with E-state index in [1.807, 2.05) is 0 Å². The molecule has 0 saturated carbocycles. The summed E-state index contributed by atoms with van der Waals surface area (Å²) in [6.07, 6.45) is 4.42. The first-order valence-corrected chi connectivity index (χ1v) is 4.14. The highest BCUT2D eigenvalue weighted by Crippen LogP contribution is 2.14. The second-order valence-corrected chi connectivity index (χ2v) is 2.95. The number of carbonyl (C=O) groups excluding carboxylic acids is 2. The van der Waals surface area contributed by atoms with Gasteiger partial charge in [-0.05, 0) is 12.8 Å². The highest BCUT2D eigenvalue weighted by Gasteiger charge is 2.26. The van der Waals surface area contributed by atoms with Crippen molar-refractivity contribution in [3.63, 3.8) is 0 Å². The standard InChI is InChI=1S/C9H13NO2/c1-2-4-8-9(12)5-3-6-10(8)7-11/h2,7-8H,1,3-6H2. The first-order valence-electron chi connectivity index (χ1n) is 4.14. The minimum absolute atomic E-state index is 0.160. The maximum atomic E-state index is 11.3. The molecule has 1 unspecified atom stereocenters. The molecule has 0 aliphatic carbocycles. The maximum absolute atomic E-state index is 11.3. The summed E-state index contributed by atoms with van der Waals surface area (Å²) in [6, 6.07) is -0.242. The van der Waals surface area contributed by atoms with Crippen LogP contribution in [0.1, 0.15) is 19.3 Å². The number of rotatable bonds is 3. The van der Waals surface area contributed by atoms with E-state index in [1.54, 1.807) is 11.0 Å². The van der Waals surface area contributed by atoms with E-state index in [2.05, 4.69) is 6.58 Å². The fourth-order valence-corrected chi connectivity index (χ4v) is 1.49. The molecule has 1 fully saturated rings. The Morgan fingerprint density at radius 1 is 1.67 bits per heavy atom. The van der Waals surface area contributed by atoms with E-state index in [0.29, 0.717) is 19.4 Å². The Morgan fingerprint density at radius 2 is 2.42 bits per heavy atom. The Balaban J connectivity index is 2.64. The third-order valence-electron chi connectivity index (χ3n) is 2.14. The lowest BCUT2D eigenvalue weighted by atomic mass is 9.99. The zero-order chi connectivity index (χ0) is 8.97. The van der Waals surface area contributed by atoms with E-state index in [4.69, 9.17) is 0 Å². The molecule has 1 rings (SSSR count). The summed E-state index contributed by atoms with van der Waals surface area (Å²) in [6.45, 7) is 4.27. The molecule has 1 aliphatic rings. The zero-order valence-electron chi connectivity index (χ0n) is 7.03. The third-order valence-corrected chi connectivity index (χ3v) is 2.14. The number of nitrogens with zero attached hydrogens (tertiary/aromatic N) is 1. The van der Waals surface area contributed by atoms with Crippen molar-refractivity contribution in [1.29, 1.82) is 0 Å². The highest BCUT2D eigenvalue weighted by molar-refractivity contribution is 5.86. The minimum Gasteiger partial charge on any atom is -0.335 e. The number of Topliss-reactive ketones (excluding diaryl/α,β-unsaturated/α-hetero) is 1. The number of hydrogen-bond donors (Lipinski definition) is 0. The molecule has 0 aromatic heterocycles. The number of hydrogen-bond acceptors (Lipinski definition) is 2. The predicted octanol–water partition coefficient (Wildman–Crippen LogP) is 0.752. The molecule has 3 heteroatoms. The molecule has 1 heterocycles. The summed E-state index contributed by atoms with van der Waals surface area (Å²) in [7, 11) is 0. The van der Waals surface area contributed by atoms with Crippen LogP contribution in [0.15, 0.2) is 12.7 Å². The third kappa shape index (κ3) is 1.72. The summed E-state index contributed by atoms with van der Waals surface area (Å²) in [4.78, 5) is 23.4. The van der Waals surface area contributed by atoms with Crippen molar-refractivity contribution in [2.75, 3.05) is 6.54 Å². The molecular formula is C9H13NO2. The smallest absolute Gasteiger partial charge is 0.210 e. The second kappa shape index (κ2) is 4.04. The maximum Gasteiger partial charge on any atom is 0.210 e. The molecule has 1 saturated heterocycles. The lowest BCUT2D eigenvalue weighted by molar-refractivity contribution is -0.134. The Hall–Kier alpha value is -1.12. The first kappa shape index (κ1) is 8.97. The number of piperidine rings is 1. The largest absolute Gasteiger partial charge is 0.335 e. The molecule has 0 aromatic rings. The van der Waals surface area contributed by atoms with Gasteiger partial charge in [-0.2, -0.15) is 0 Å². The molecule has 0 radical (unpaired) electrons. The summed E-state index contributed by atoms with van der Waals surface area (Å²) in [5.74, 6) is 0.160. The highest BCUT2D eigenvalue weighted by atomic mass is 16.1. The molecule has 1 aliphatic heterocycles. The van der Waals surface area contributed by atoms with E-state index in [1.165, 1.54) is 0 Å². The summed E-state index contributed by atoms with van der Waals surface area (Å²) in [5.41, 5.74) is 0. The van der Waals surface area contributed by atoms with Gasteiger partial charge in [0.25, 0.3) is 0 Å². The molecule has 66 valence electrons. The normalized spacial score (nSPS) is 23.8. The molecule has 0 spiro atoms. The SMILES string of the molecule is C=CCC1C(=O)CCCN1C=O. The molecule has 12 heavy (non-hydrogen) atoms. The van der Waals surface area contributed by atoms with Gasteiger partial charge in [0.1, 0.15) is 0 Å². The quantitative estimate of drug-likeness (QED) is 0.459. The molecule has 0 N–H and O–H groups in total. The van der Waals surface area contributed by atoms with Crippen molar-refractivity contribution in [2.45, 2.75) is 25.3 Å². The van der Waals surface area contributed by atoms with Gasteiger partial charge < -0.3 is 4.90 Å². The van der Waals surface area contributed by atoms with Gasteiger partial charge in [0.05, 0.1) is 6.04 Å². The van der Waals surface area contributed by atoms with Crippen molar-refractivity contribution >= 4 is 12.2 Å². The van der Waals surface area contributed by atoms with Gasteiger partial charge in [0.15, 0.2) is 5.78 Å². The van der Waals surface area contributed by atoms with Gasteiger partial charge in [-0.15, -0.1) is 6.58 Å². The van der Waals surface area contributed by atoms with Crippen molar-refractivity contribution in [1.82, 2.24) is 4.90 Å². The van der Waals surface area contributed by atoms with Gasteiger partial charge >= 0.3 is 0 Å². The van der Waals surface area contributed by atoms with Gasteiger partial charge in [-0.3, -0.25) is 9.59 Å². The van der Waals surface area contributed by atoms with E-state index in [-0.39, 0.29) is 11.8 Å². The predicted molar refractivity (Wildman–Crippen MR) is 45.6 cm³/mol. The van der Waals surface area contributed by atoms with Gasteiger partial charge in [0.2, 0.25) is 6.41 Å². The minimum atomic E-state index is -0.242. The number of ketones is 1. The average Bonchev–Trinajstić information content (AvgIpc) is 2.09. The fraction of sp³-hybridized carbons (Fsp3) is 0.556. The summed E-state index contributed by atoms with van der Waals surface area (Å²) in [5, 5.41) is 0. The van der Waals surface area contributed by atoms with Crippen molar-refractivity contribution in [3.8, 4) is 0 Å². The summed E-state index contributed by atoms with van der Waals surface area (Å²) < 4.78 is 0. The van der Waals surface area contributed by atoms with E-state index in [9.17, 15) is 9.59 Å². The van der Waals surface area contributed by atoms with Gasteiger partial charge in [-0.1, -0.05) is 6.08 Å². The Morgan fingerprint density at radius 3 is 3.00 bits per heavy atom. The molecule has 1 atom stereocenters. The van der Waals surface area contributed by atoms with Crippen molar-refractivity contribution in [2.24, 2.45) is 0 Å². The Bertz CT molecular complexity index is 201. The van der Waals surface area contributed by atoms with E-state index in [0.717, 1.165) is 12.8 Å². The number of amides is 1. The van der Waals surface area contributed by atoms with Crippen LogP contribution in [0.3, 0.4) is 0 Å². The van der Waals surface area contributed by atoms with E-state index < -0.39 is 0 Å². The second-order valence-electron chi connectivity index (χ2n) is 2.95. The zero-order valence-corrected chi connectivity index (χ0v) is 7.03. The number of carbonyl (C=O) groups is 2. The van der Waals surface area contributed by atoms with Crippen LogP contribution in [-0.2, 0) is 9.59 Å². The monoisotopic (exact) mass is 167 g/mol. The van der Waals surface area contributed by atoms with Crippen molar-refractivity contribution < 1.29 is 9.59 Å². The van der Waals surface area contributed by atoms with Crippen LogP contribution in [-0.4, -0.2) is 29.7 Å². The number of likely N-dealkylation sites (tertiary alicyclic amines) is 1. The van der Waals surface area contributed by atoms with Gasteiger partial charge in [-0.25, -0.2) is 0 Å². The Labute approximate surface area is 72.0 Å². The topological polar surface area (TPSA) is 37.4 Å². The van der Waals surface area contributed by atoms with E-state index >= 15 is 0 Å². The van der Waals surface area contributed by atoms with Crippen molar-refractivity contribution in [3.05, 3.63) is 12.7 Å². The lowest BCUT2D eigenvalue weighted by Crippen LogP contribution is -2.44. The van der Waals surface area contributed by atoms with Crippen LogP contribution in [0.4, 0.5) is 0 Å². The van der Waals surface area contributed by atoms with Crippen LogP contribution in [0.25, 0.3) is 0 Å². The Kier molecular flexibility index (Phi) is 3.02. The van der Waals surface area contributed by atoms with Gasteiger partial charge in [0, 0.05) is 13.0 Å². The lowest BCUT2D eigenvalue weighted by Gasteiger charge is -2.30. The molecular weight excluding hydrogens is 154 g/mol. The average molecular weight is 167 g/mol. The molecule has 0 bridgehead atoms. The molecule has 3 nitrogen and oxygen atoms in total. The van der Waals surface area contributed by atoms with Crippen LogP contribution in [0.2, 0.25) is 0 Å². The molecule has 0 aromatic carbocycles.